The lowest BCUT2D eigenvalue weighted by molar-refractivity contribution is 0.402. The maximum atomic E-state index is 12.5. The molecule has 2 rings (SSSR count). The summed E-state index contributed by atoms with van der Waals surface area (Å²) in [5, 5.41) is 0. The van der Waals surface area contributed by atoms with Crippen molar-refractivity contribution in [2.75, 3.05) is 12.8 Å². The highest BCUT2D eigenvalue weighted by Gasteiger charge is 2.23. The summed E-state index contributed by atoms with van der Waals surface area (Å²) >= 11 is 1.56. The lowest BCUT2D eigenvalue weighted by Gasteiger charge is -2.15. The van der Waals surface area contributed by atoms with Crippen molar-refractivity contribution in [1.29, 1.82) is 0 Å². The third kappa shape index (κ3) is 3.55. The topological polar surface area (TPSA) is 81.4 Å². The van der Waals surface area contributed by atoms with Crippen LogP contribution in [0.25, 0.3) is 0 Å². The van der Waals surface area contributed by atoms with E-state index in [0.717, 1.165) is 9.75 Å². The third-order valence-electron chi connectivity index (χ3n) is 3.00. The van der Waals surface area contributed by atoms with Crippen LogP contribution < -0.4 is 15.2 Å². The largest absolute Gasteiger partial charge is 0.495 e. The van der Waals surface area contributed by atoms with Crippen LogP contribution in [0.15, 0.2) is 35.2 Å². The summed E-state index contributed by atoms with van der Waals surface area (Å²) in [4.78, 5) is 2.14. The molecular weight excluding hydrogens is 308 g/mol. The van der Waals surface area contributed by atoms with Gasteiger partial charge in [-0.3, -0.25) is 0 Å². The molecule has 0 fully saturated rings. The molecule has 2 aromatic rings. The van der Waals surface area contributed by atoms with Gasteiger partial charge in [-0.25, -0.2) is 13.1 Å². The van der Waals surface area contributed by atoms with Crippen LogP contribution in [0.1, 0.15) is 22.7 Å². The number of nitrogens with one attached hydrogen (secondary N) is 1. The zero-order valence-corrected chi connectivity index (χ0v) is 13.7. The molecule has 0 bridgehead atoms. The Morgan fingerprint density at radius 3 is 2.57 bits per heavy atom. The third-order valence-corrected chi connectivity index (χ3v) is 5.74. The fraction of sp³-hybridized carbons (Fsp3) is 0.286. The number of methoxy groups -OCH3 is 1. The molecule has 1 aromatic heterocycles. The predicted molar refractivity (Wildman–Crippen MR) is 85.2 cm³/mol. The summed E-state index contributed by atoms with van der Waals surface area (Å²) in [7, 11) is -2.28. The zero-order chi connectivity index (χ0) is 15.6. The zero-order valence-electron chi connectivity index (χ0n) is 12.1. The number of aryl methyl sites for hydroxylation is 1. The number of rotatable bonds is 5. The van der Waals surface area contributed by atoms with Crippen molar-refractivity contribution >= 4 is 27.0 Å². The smallest absolute Gasteiger partial charge is 0.244 e. The van der Waals surface area contributed by atoms with Crippen molar-refractivity contribution in [1.82, 2.24) is 4.72 Å². The molecule has 7 heteroatoms. The Balaban J connectivity index is 2.32. The number of anilines is 1. The summed E-state index contributed by atoms with van der Waals surface area (Å²) in [6.07, 6.45) is 0. The minimum atomic E-state index is -3.71. The van der Waals surface area contributed by atoms with E-state index < -0.39 is 10.0 Å². The van der Waals surface area contributed by atoms with Crippen LogP contribution >= 0.6 is 11.3 Å². The van der Waals surface area contributed by atoms with Crippen LogP contribution in [0, 0.1) is 6.92 Å². The van der Waals surface area contributed by atoms with Crippen LogP contribution in [-0.2, 0) is 10.0 Å². The number of benzene rings is 1. The predicted octanol–water partition coefficient (Wildman–Crippen LogP) is 2.69. The van der Waals surface area contributed by atoms with Gasteiger partial charge in [-0.15, -0.1) is 11.3 Å². The molecule has 0 aliphatic rings. The van der Waals surface area contributed by atoms with E-state index in [2.05, 4.69) is 4.72 Å². The van der Waals surface area contributed by atoms with Gasteiger partial charge in [-0.05, 0) is 44.2 Å². The lowest BCUT2D eigenvalue weighted by Crippen LogP contribution is -2.26. The monoisotopic (exact) mass is 326 g/mol. The van der Waals surface area contributed by atoms with Crippen LogP contribution in [0.5, 0.6) is 5.75 Å². The van der Waals surface area contributed by atoms with Gasteiger partial charge < -0.3 is 10.5 Å². The quantitative estimate of drug-likeness (QED) is 0.828. The Morgan fingerprint density at radius 1 is 1.29 bits per heavy atom. The summed E-state index contributed by atoms with van der Waals surface area (Å²) in [6.45, 7) is 3.79. The Bertz CT molecular complexity index is 738. The van der Waals surface area contributed by atoms with Gasteiger partial charge in [-0.2, -0.15) is 0 Å². The van der Waals surface area contributed by atoms with Gasteiger partial charge in [0.1, 0.15) is 10.6 Å². The first kappa shape index (κ1) is 15.8. The second kappa shape index (κ2) is 6.05. The minimum absolute atomic E-state index is 0.0464. The molecule has 1 aromatic carbocycles. The summed E-state index contributed by atoms with van der Waals surface area (Å²) in [5.74, 6) is 0.270. The second-order valence-electron chi connectivity index (χ2n) is 4.70. The fourth-order valence-electron chi connectivity index (χ4n) is 1.94. The molecule has 0 saturated carbocycles. The maximum Gasteiger partial charge on any atom is 0.244 e. The van der Waals surface area contributed by atoms with E-state index in [1.165, 1.54) is 13.2 Å². The van der Waals surface area contributed by atoms with E-state index in [9.17, 15) is 8.42 Å². The molecule has 1 atom stereocenters. The number of nitrogen functional groups attached to an aromatic ring is 1. The first-order valence-corrected chi connectivity index (χ1v) is 8.65. The van der Waals surface area contributed by atoms with Crippen molar-refractivity contribution in [3.8, 4) is 5.75 Å². The standard InChI is InChI=1S/C14H18N2O3S2/c1-9-4-7-13(20-9)10(2)16-21(17,18)14-8-11(15)5-6-12(14)19-3/h4-8,10,16H,15H2,1-3H3. The van der Waals surface area contributed by atoms with Gasteiger partial charge in [-0.1, -0.05) is 0 Å². The van der Waals surface area contributed by atoms with Gasteiger partial charge >= 0.3 is 0 Å². The molecule has 0 spiro atoms. The van der Waals surface area contributed by atoms with E-state index in [0.29, 0.717) is 5.69 Å². The molecule has 3 N–H and O–H groups in total. The van der Waals surface area contributed by atoms with Crippen molar-refractivity contribution in [3.63, 3.8) is 0 Å². The van der Waals surface area contributed by atoms with Crippen molar-refractivity contribution in [2.45, 2.75) is 24.8 Å². The molecule has 114 valence electrons. The maximum absolute atomic E-state index is 12.5. The summed E-state index contributed by atoms with van der Waals surface area (Å²) in [6, 6.07) is 8.11. The first-order valence-electron chi connectivity index (χ1n) is 6.35. The first-order chi connectivity index (χ1) is 9.83. The molecule has 0 radical (unpaired) electrons. The number of thiophene rings is 1. The summed E-state index contributed by atoms with van der Waals surface area (Å²) in [5.41, 5.74) is 6.05. The fourth-order valence-corrected chi connectivity index (χ4v) is 4.32. The van der Waals surface area contributed by atoms with E-state index in [1.807, 2.05) is 26.0 Å². The normalized spacial score (nSPS) is 13.1. The number of nitrogens with two attached hydrogens (primary N) is 1. The van der Waals surface area contributed by atoms with Crippen molar-refractivity contribution in [2.24, 2.45) is 0 Å². The van der Waals surface area contributed by atoms with Crippen LogP contribution in [0.3, 0.4) is 0 Å². The number of hydrogen-bond donors (Lipinski definition) is 2. The van der Waals surface area contributed by atoms with E-state index in [4.69, 9.17) is 10.5 Å². The molecule has 0 aliphatic carbocycles. The summed E-state index contributed by atoms with van der Waals surface area (Å²) < 4.78 is 32.8. The van der Waals surface area contributed by atoms with E-state index in [1.54, 1.807) is 23.5 Å². The molecule has 1 heterocycles. The lowest BCUT2D eigenvalue weighted by atomic mass is 10.3. The van der Waals surface area contributed by atoms with Gasteiger partial charge in [0.2, 0.25) is 10.0 Å². The van der Waals surface area contributed by atoms with Crippen LogP contribution in [0.4, 0.5) is 5.69 Å². The van der Waals surface area contributed by atoms with Crippen LogP contribution in [0.2, 0.25) is 0 Å². The number of ether oxygens (including phenoxy) is 1. The Hall–Kier alpha value is -1.57. The van der Waals surface area contributed by atoms with E-state index in [-0.39, 0.29) is 16.7 Å². The Labute approximate surface area is 128 Å². The highest BCUT2D eigenvalue weighted by molar-refractivity contribution is 7.89. The molecule has 0 aliphatic heterocycles. The number of hydrogen-bond acceptors (Lipinski definition) is 5. The SMILES string of the molecule is COc1ccc(N)cc1S(=O)(=O)NC(C)c1ccc(C)s1. The molecule has 0 saturated heterocycles. The van der Waals surface area contributed by atoms with Gasteiger partial charge in [0.25, 0.3) is 0 Å². The Morgan fingerprint density at radius 2 is 2.00 bits per heavy atom. The molecule has 21 heavy (non-hydrogen) atoms. The average Bonchev–Trinajstić information content (AvgIpc) is 2.85. The van der Waals surface area contributed by atoms with Gasteiger partial charge in [0.15, 0.2) is 0 Å². The Kier molecular flexibility index (Phi) is 4.55. The van der Waals surface area contributed by atoms with Gasteiger partial charge in [0, 0.05) is 15.4 Å². The molecular formula is C14H18N2O3S2. The van der Waals surface area contributed by atoms with Crippen molar-refractivity contribution < 1.29 is 13.2 Å². The van der Waals surface area contributed by atoms with E-state index >= 15 is 0 Å². The van der Waals surface area contributed by atoms with Gasteiger partial charge in [0.05, 0.1) is 13.2 Å². The second-order valence-corrected chi connectivity index (χ2v) is 7.70. The van der Waals surface area contributed by atoms with Crippen LogP contribution in [-0.4, -0.2) is 15.5 Å². The highest BCUT2D eigenvalue weighted by Crippen LogP contribution is 2.29. The van der Waals surface area contributed by atoms with Crippen molar-refractivity contribution in [3.05, 3.63) is 40.1 Å². The average molecular weight is 326 g/mol. The molecule has 5 nitrogen and oxygen atoms in total. The molecule has 0 amide bonds. The molecule has 1 unspecified atom stereocenters. The number of sulfonamides is 1. The highest BCUT2D eigenvalue weighted by atomic mass is 32.2. The minimum Gasteiger partial charge on any atom is -0.495 e.